The number of amides is 2. The first kappa shape index (κ1) is 21.6. The van der Waals surface area contributed by atoms with E-state index in [1.54, 1.807) is 38.4 Å². The molecule has 3 aromatic rings. The Hall–Kier alpha value is -3.09. The molecule has 30 heavy (non-hydrogen) atoms. The fourth-order valence-electron chi connectivity index (χ4n) is 2.80. The SMILES string of the molecule is CN(C)C(=O)Sc1ccc(NC(=O)COC(c2ccccc2)c2ccccc2)cc1. The number of carbonyl (C=O) groups excluding carboxylic acids is 2. The highest BCUT2D eigenvalue weighted by Crippen LogP contribution is 2.26. The van der Waals surface area contributed by atoms with E-state index in [4.69, 9.17) is 4.74 Å². The van der Waals surface area contributed by atoms with E-state index in [0.717, 1.165) is 27.8 Å². The quantitative estimate of drug-likeness (QED) is 0.534. The number of nitrogens with zero attached hydrogens (tertiary/aromatic N) is 1. The number of benzene rings is 3. The average molecular weight is 421 g/mol. The minimum Gasteiger partial charge on any atom is -0.359 e. The summed E-state index contributed by atoms with van der Waals surface area (Å²) in [5.41, 5.74) is 2.63. The molecule has 0 saturated carbocycles. The monoisotopic (exact) mass is 420 g/mol. The zero-order valence-corrected chi connectivity index (χ0v) is 17.8. The van der Waals surface area contributed by atoms with Crippen LogP contribution in [0.1, 0.15) is 17.2 Å². The molecule has 2 amide bonds. The molecule has 154 valence electrons. The Morgan fingerprint density at radius 3 is 1.90 bits per heavy atom. The number of anilines is 1. The van der Waals surface area contributed by atoms with Crippen molar-refractivity contribution >= 4 is 28.6 Å². The van der Waals surface area contributed by atoms with Gasteiger partial charge in [0.2, 0.25) is 5.91 Å². The maximum atomic E-state index is 12.4. The second-order valence-electron chi connectivity index (χ2n) is 6.85. The van der Waals surface area contributed by atoms with Crippen molar-refractivity contribution in [1.82, 2.24) is 4.90 Å². The summed E-state index contributed by atoms with van der Waals surface area (Å²) < 4.78 is 5.98. The maximum Gasteiger partial charge on any atom is 0.285 e. The van der Waals surface area contributed by atoms with E-state index in [1.165, 1.54) is 4.90 Å². The summed E-state index contributed by atoms with van der Waals surface area (Å²) in [6, 6.07) is 26.8. The minimum atomic E-state index is -0.325. The van der Waals surface area contributed by atoms with E-state index in [2.05, 4.69) is 5.32 Å². The van der Waals surface area contributed by atoms with Gasteiger partial charge in [-0.15, -0.1) is 0 Å². The van der Waals surface area contributed by atoms with Crippen molar-refractivity contribution in [3.8, 4) is 0 Å². The van der Waals surface area contributed by atoms with Crippen LogP contribution in [-0.4, -0.2) is 36.7 Å². The Labute approximate surface area is 181 Å². The number of carbonyl (C=O) groups is 2. The van der Waals surface area contributed by atoms with Crippen LogP contribution in [0.4, 0.5) is 10.5 Å². The van der Waals surface area contributed by atoms with Gasteiger partial charge in [0, 0.05) is 24.7 Å². The van der Waals surface area contributed by atoms with Gasteiger partial charge in [0.25, 0.3) is 5.24 Å². The van der Waals surface area contributed by atoms with Crippen LogP contribution >= 0.6 is 11.8 Å². The Morgan fingerprint density at radius 1 is 0.867 bits per heavy atom. The molecule has 0 bridgehead atoms. The van der Waals surface area contributed by atoms with Crippen LogP contribution in [0.2, 0.25) is 0 Å². The Balaban J connectivity index is 1.60. The number of nitrogens with one attached hydrogen (secondary N) is 1. The molecule has 3 aromatic carbocycles. The largest absolute Gasteiger partial charge is 0.359 e. The van der Waals surface area contributed by atoms with Crippen LogP contribution < -0.4 is 5.32 Å². The highest BCUT2D eigenvalue weighted by Gasteiger charge is 2.16. The predicted molar refractivity (Wildman–Crippen MR) is 121 cm³/mol. The first-order valence-electron chi connectivity index (χ1n) is 9.53. The molecule has 0 unspecified atom stereocenters. The summed E-state index contributed by atoms with van der Waals surface area (Å²) in [5, 5.41) is 2.79. The molecule has 0 spiro atoms. The summed E-state index contributed by atoms with van der Waals surface area (Å²) >= 11 is 1.14. The van der Waals surface area contributed by atoms with Gasteiger partial charge < -0.3 is 15.0 Å². The lowest BCUT2D eigenvalue weighted by molar-refractivity contribution is -0.121. The lowest BCUT2D eigenvalue weighted by Gasteiger charge is -2.19. The normalized spacial score (nSPS) is 10.6. The number of hydrogen-bond donors (Lipinski definition) is 1. The van der Waals surface area contributed by atoms with Crippen LogP contribution in [0, 0.1) is 0 Å². The van der Waals surface area contributed by atoms with Crippen LogP contribution in [0.25, 0.3) is 0 Å². The molecule has 0 saturated heterocycles. The van der Waals surface area contributed by atoms with Gasteiger partial charge >= 0.3 is 0 Å². The Morgan fingerprint density at radius 2 is 1.40 bits per heavy atom. The van der Waals surface area contributed by atoms with Gasteiger partial charge in [0.1, 0.15) is 12.7 Å². The first-order chi connectivity index (χ1) is 14.5. The molecule has 1 N–H and O–H groups in total. The molecular weight excluding hydrogens is 396 g/mol. The van der Waals surface area contributed by atoms with Gasteiger partial charge in [-0.05, 0) is 47.2 Å². The van der Waals surface area contributed by atoms with E-state index in [-0.39, 0.29) is 23.9 Å². The van der Waals surface area contributed by atoms with Crippen molar-refractivity contribution in [2.24, 2.45) is 0 Å². The van der Waals surface area contributed by atoms with E-state index in [0.29, 0.717) is 5.69 Å². The zero-order valence-electron chi connectivity index (χ0n) is 16.9. The first-order valence-corrected chi connectivity index (χ1v) is 10.3. The lowest BCUT2D eigenvalue weighted by atomic mass is 10.0. The van der Waals surface area contributed by atoms with Crippen molar-refractivity contribution in [2.75, 3.05) is 26.0 Å². The molecule has 6 heteroatoms. The fourth-order valence-corrected chi connectivity index (χ4v) is 3.45. The molecule has 3 rings (SSSR count). The van der Waals surface area contributed by atoms with Crippen molar-refractivity contribution < 1.29 is 14.3 Å². The lowest BCUT2D eigenvalue weighted by Crippen LogP contribution is -2.20. The summed E-state index contributed by atoms with van der Waals surface area (Å²) in [7, 11) is 3.42. The van der Waals surface area contributed by atoms with Crippen molar-refractivity contribution in [3.63, 3.8) is 0 Å². The number of rotatable bonds is 7. The van der Waals surface area contributed by atoms with E-state index in [9.17, 15) is 9.59 Å². The molecule has 0 aliphatic heterocycles. The highest BCUT2D eigenvalue weighted by molar-refractivity contribution is 8.13. The fraction of sp³-hybridized carbons (Fsp3) is 0.167. The van der Waals surface area contributed by atoms with Gasteiger partial charge in [-0.25, -0.2) is 0 Å². The summed E-state index contributed by atoms with van der Waals surface area (Å²) in [6.45, 7) is -0.0793. The van der Waals surface area contributed by atoms with Gasteiger partial charge in [-0.2, -0.15) is 0 Å². The zero-order chi connectivity index (χ0) is 21.3. The molecule has 0 aliphatic rings. The Bertz CT molecular complexity index is 921. The van der Waals surface area contributed by atoms with Crippen molar-refractivity contribution in [2.45, 2.75) is 11.0 Å². The van der Waals surface area contributed by atoms with E-state index in [1.807, 2.05) is 60.7 Å². The third-order valence-corrected chi connectivity index (χ3v) is 5.34. The van der Waals surface area contributed by atoms with Crippen molar-refractivity contribution in [3.05, 3.63) is 96.1 Å². The average Bonchev–Trinajstić information content (AvgIpc) is 2.76. The summed E-state index contributed by atoms with van der Waals surface area (Å²) in [5.74, 6) is -0.239. The molecule has 0 fully saturated rings. The van der Waals surface area contributed by atoms with Crippen LogP contribution in [0.3, 0.4) is 0 Å². The second-order valence-corrected chi connectivity index (χ2v) is 7.87. The molecule has 0 aliphatic carbocycles. The van der Waals surface area contributed by atoms with Gasteiger partial charge in [0.15, 0.2) is 0 Å². The number of hydrogen-bond acceptors (Lipinski definition) is 4. The standard InChI is InChI=1S/C24H24N2O3S/c1-26(2)24(28)30-21-15-13-20(14-16-21)25-22(27)17-29-23(18-9-5-3-6-10-18)19-11-7-4-8-12-19/h3-16,23H,17H2,1-2H3,(H,25,27). The molecular formula is C24H24N2O3S. The number of thioether (sulfide) groups is 1. The highest BCUT2D eigenvalue weighted by atomic mass is 32.2. The maximum absolute atomic E-state index is 12.4. The topological polar surface area (TPSA) is 58.6 Å². The summed E-state index contributed by atoms with van der Waals surface area (Å²) in [4.78, 5) is 26.5. The molecule has 0 heterocycles. The smallest absolute Gasteiger partial charge is 0.285 e. The van der Waals surface area contributed by atoms with Gasteiger partial charge in [-0.1, -0.05) is 60.7 Å². The Kier molecular flexibility index (Phi) is 7.65. The predicted octanol–water partition coefficient (Wildman–Crippen LogP) is 5.21. The third kappa shape index (κ3) is 6.20. The third-order valence-electron chi connectivity index (χ3n) is 4.29. The van der Waals surface area contributed by atoms with E-state index < -0.39 is 0 Å². The molecule has 0 aromatic heterocycles. The number of ether oxygens (including phenoxy) is 1. The second kappa shape index (κ2) is 10.6. The molecule has 0 radical (unpaired) electrons. The van der Waals surface area contributed by atoms with Gasteiger partial charge in [0.05, 0.1) is 0 Å². The van der Waals surface area contributed by atoms with E-state index >= 15 is 0 Å². The minimum absolute atomic E-state index is 0.0481. The van der Waals surface area contributed by atoms with Crippen LogP contribution in [0.5, 0.6) is 0 Å². The van der Waals surface area contributed by atoms with Crippen LogP contribution in [0.15, 0.2) is 89.8 Å². The van der Waals surface area contributed by atoms with Crippen LogP contribution in [-0.2, 0) is 9.53 Å². The molecule has 5 nitrogen and oxygen atoms in total. The summed E-state index contributed by atoms with van der Waals surface area (Å²) in [6.07, 6.45) is -0.325. The van der Waals surface area contributed by atoms with Gasteiger partial charge in [-0.3, -0.25) is 9.59 Å². The van der Waals surface area contributed by atoms with Crippen molar-refractivity contribution in [1.29, 1.82) is 0 Å². The molecule has 0 atom stereocenters.